The summed E-state index contributed by atoms with van der Waals surface area (Å²) in [7, 11) is 5.28. The molecule has 0 aromatic heterocycles. The van der Waals surface area contributed by atoms with Crippen molar-refractivity contribution in [3.8, 4) is 5.75 Å². The van der Waals surface area contributed by atoms with Crippen LogP contribution in [0.15, 0.2) is 30.0 Å². The van der Waals surface area contributed by atoms with E-state index in [1.54, 1.807) is 12.1 Å². The summed E-state index contributed by atoms with van der Waals surface area (Å²) in [5.74, 6) is -1.45. The Bertz CT molecular complexity index is 639. The lowest BCUT2D eigenvalue weighted by molar-refractivity contribution is -0.138. The third-order valence-corrected chi connectivity index (χ3v) is 2.83. The largest absolute Gasteiger partial charge is 0.495 e. The minimum absolute atomic E-state index is 0.160. The Labute approximate surface area is 133 Å². The lowest BCUT2D eigenvalue weighted by Gasteiger charge is -2.14. The van der Waals surface area contributed by atoms with Crippen LogP contribution in [-0.4, -0.2) is 46.2 Å². The summed E-state index contributed by atoms with van der Waals surface area (Å²) in [4.78, 5) is 34.8. The molecule has 0 saturated heterocycles. The highest BCUT2D eigenvalue weighted by Crippen LogP contribution is 2.27. The van der Waals surface area contributed by atoms with E-state index in [9.17, 15) is 14.4 Å². The highest BCUT2D eigenvalue weighted by molar-refractivity contribution is 6.00. The van der Waals surface area contributed by atoms with Gasteiger partial charge in [-0.25, -0.2) is 9.59 Å². The first-order valence-corrected chi connectivity index (χ1v) is 6.51. The summed E-state index contributed by atoms with van der Waals surface area (Å²) in [5, 5.41) is 5.20. The molecule has 1 amide bonds. The van der Waals surface area contributed by atoms with Crippen molar-refractivity contribution < 1.29 is 28.6 Å². The summed E-state index contributed by atoms with van der Waals surface area (Å²) in [6.45, 7) is 0. The first kappa shape index (κ1) is 18.0. The summed E-state index contributed by atoms with van der Waals surface area (Å²) in [6.07, 6.45) is 0.942. The molecule has 8 heteroatoms. The predicted molar refractivity (Wildman–Crippen MR) is 82.1 cm³/mol. The Kier molecular flexibility index (Phi) is 6.60. The van der Waals surface area contributed by atoms with Gasteiger partial charge in [0.1, 0.15) is 11.4 Å². The Morgan fingerprint density at radius 1 is 1.09 bits per heavy atom. The van der Waals surface area contributed by atoms with Gasteiger partial charge in [-0.05, 0) is 18.2 Å². The quantitative estimate of drug-likeness (QED) is 0.587. The van der Waals surface area contributed by atoms with Crippen LogP contribution in [0.3, 0.4) is 0 Å². The Hall–Kier alpha value is -3.03. The summed E-state index contributed by atoms with van der Waals surface area (Å²) in [5.41, 5.74) is 0.499. The molecule has 0 heterocycles. The fraction of sp³-hybridized carbons (Fsp3) is 0.267. The smallest absolute Gasteiger partial charge is 0.354 e. The molecule has 0 bridgehead atoms. The second-order valence-electron chi connectivity index (χ2n) is 4.19. The first-order valence-electron chi connectivity index (χ1n) is 6.51. The standard InChI is InChI=1S/C15H18N2O6/c1-16-14(19)9-5-6-12(21-2)10(7-9)17-11(15(20)23-4)8-13(18)22-3/h5-8,17H,1-4H3,(H,16,19)/b11-8+. The summed E-state index contributed by atoms with van der Waals surface area (Å²) >= 11 is 0. The van der Waals surface area contributed by atoms with Crippen LogP contribution in [0.1, 0.15) is 10.4 Å². The zero-order valence-corrected chi connectivity index (χ0v) is 13.3. The molecule has 0 radical (unpaired) electrons. The number of ether oxygens (including phenoxy) is 3. The van der Waals surface area contributed by atoms with Crippen LogP contribution in [0.25, 0.3) is 0 Å². The van der Waals surface area contributed by atoms with Crippen LogP contribution in [0.4, 0.5) is 5.69 Å². The van der Waals surface area contributed by atoms with Crippen molar-refractivity contribution in [3.63, 3.8) is 0 Å². The minimum atomic E-state index is -0.775. The maximum Gasteiger partial charge on any atom is 0.354 e. The molecule has 8 nitrogen and oxygen atoms in total. The zero-order chi connectivity index (χ0) is 17.4. The van der Waals surface area contributed by atoms with E-state index >= 15 is 0 Å². The maximum absolute atomic E-state index is 11.8. The van der Waals surface area contributed by atoms with Crippen LogP contribution < -0.4 is 15.4 Å². The normalized spacial score (nSPS) is 10.5. The van der Waals surface area contributed by atoms with Crippen LogP contribution in [0, 0.1) is 0 Å². The molecule has 1 aromatic rings. The first-order chi connectivity index (χ1) is 11.0. The van der Waals surface area contributed by atoms with Crippen molar-refractivity contribution >= 4 is 23.5 Å². The average molecular weight is 322 g/mol. The molecule has 0 unspecified atom stereocenters. The highest BCUT2D eigenvalue weighted by Gasteiger charge is 2.16. The molecule has 2 N–H and O–H groups in total. The highest BCUT2D eigenvalue weighted by atomic mass is 16.5. The van der Waals surface area contributed by atoms with Crippen molar-refractivity contribution in [1.82, 2.24) is 5.32 Å². The molecule has 124 valence electrons. The molecule has 0 aliphatic heterocycles. The predicted octanol–water partition coefficient (Wildman–Crippen LogP) is 0.697. The van der Waals surface area contributed by atoms with Crippen molar-refractivity contribution in [1.29, 1.82) is 0 Å². The molecule has 0 aliphatic carbocycles. The van der Waals surface area contributed by atoms with Gasteiger partial charge >= 0.3 is 11.9 Å². The number of hydrogen-bond acceptors (Lipinski definition) is 7. The van der Waals surface area contributed by atoms with Crippen LogP contribution >= 0.6 is 0 Å². The van der Waals surface area contributed by atoms with Gasteiger partial charge in [-0.15, -0.1) is 0 Å². The molecule has 0 atom stereocenters. The van der Waals surface area contributed by atoms with Crippen molar-refractivity contribution in [2.45, 2.75) is 0 Å². The van der Waals surface area contributed by atoms with Gasteiger partial charge in [-0.2, -0.15) is 0 Å². The summed E-state index contributed by atoms with van der Waals surface area (Å²) in [6, 6.07) is 4.59. The topological polar surface area (TPSA) is 103 Å². The Morgan fingerprint density at radius 2 is 1.78 bits per heavy atom. The number of carbonyl (C=O) groups excluding carboxylic acids is 3. The fourth-order valence-corrected chi connectivity index (χ4v) is 1.67. The van der Waals surface area contributed by atoms with Gasteiger partial charge in [-0.1, -0.05) is 0 Å². The molecular weight excluding hydrogens is 304 g/mol. The third kappa shape index (κ3) is 4.73. The molecule has 0 saturated carbocycles. The van der Waals surface area contributed by atoms with Crippen molar-refractivity contribution in [3.05, 3.63) is 35.5 Å². The van der Waals surface area contributed by atoms with E-state index in [0.29, 0.717) is 17.0 Å². The zero-order valence-electron chi connectivity index (χ0n) is 13.3. The number of rotatable bonds is 6. The van der Waals surface area contributed by atoms with Gasteiger partial charge in [0.2, 0.25) is 0 Å². The van der Waals surface area contributed by atoms with E-state index in [4.69, 9.17) is 4.74 Å². The van der Waals surface area contributed by atoms with E-state index in [2.05, 4.69) is 20.1 Å². The van der Waals surface area contributed by atoms with Gasteiger partial charge in [0.25, 0.3) is 5.91 Å². The van der Waals surface area contributed by atoms with Gasteiger partial charge in [0.15, 0.2) is 0 Å². The number of anilines is 1. The number of hydrogen-bond donors (Lipinski definition) is 2. The Balaban J connectivity index is 3.25. The number of nitrogens with one attached hydrogen (secondary N) is 2. The number of esters is 2. The minimum Gasteiger partial charge on any atom is -0.495 e. The number of carbonyl (C=O) groups is 3. The van der Waals surface area contributed by atoms with E-state index in [1.807, 2.05) is 0 Å². The lowest BCUT2D eigenvalue weighted by Crippen LogP contribution is -2.19. The molecule has 23 heavy (non-hydrogen) atoms. The van der Waals surface area contributed by atoms with E-state index < -0.39 is 11.9 Å². The molecular formula is C15H18N2O6. The lowest BCUT2D eigenvalue weighted by atomic mass is 10.1. The van der Waals surface area contributed by atoms with Gasteiger partial charge in [0, 0.05) is 12.6 Å². The van der Waals surface area contributed by atoms with Gasteiger partial charge in [0.05, 0.1) is 33.1 Å². The molecule has 0 spiro atoms. The van der Waals surface area contributed by atoms with E-state index in [1.165, 1.54) is 34.4 Å². The second-order valence-corrected chi connectivity index (χ2v) is 4.19. The number of benzene rings is 1. The molecule has 0 fully saturated rings. The average Bonchev–Trinajstić information content (AvgIpc) is 2.59. The number of methoxy groups -OCH3 is 3. The van der Waals surface area contributed by atoms with Crippen molar-refractivity contribution in [2.24, 2.45) is 0 Å². The summed E-state index contributed by atoms with van der Waals surface area (Å²) < 4.78 is 14.3. The molecule has 0 aliphatic rings. The van der Waals surface area contributed by atoms with Gasteiger partial charge in [-0.3, -0.25) is 4.79 Å². The molecule has 1 rings (SSSR count). The van der Waals surface area contributed by atoms with Crippen LogP contribution in [0.2, 0.25) is 0 Å². The van der Waals surface area contributed by atoms with Gasteiger partial charge < -0.3 is 24.8 Å². The third-order valence-electron chi connectivity index (χ3n) is 2.83. The molecule has 1 aromatic carbocycles. The maximum atomic E-state index is 11.8. The number of amides is 1. The Morgan fingerprint density at radius 3 is 2.30 bits per heavy atom. The van der Waals surface area contributed by atoms with Crippen LogP contribution in [-0.2, 0) is 19.1 Å². The fourth-order valence-electron chi connectivity index (χ4n) is 1.67. The monoisotopic (exact) mass is 322 g/mol. The van der Waals surface area contributed by atoms with Crippen LogP contribution in [0.5, 0.6) is 5.75 Å². The SMILES string of the molecule is CNC(=O)c1ccc(OC)c(N/C(=C/C(=O)OC)C(=O)OC)c1. The van der Waals surface area contributed by atoms with E-state index in [0.717, 1.165) is 6.08 Å². The van der Waals surface area contributed by atoms with E-state index in [-0.39, 0.29) is 11.6 Å². The van der Waals surface area contributed by atoms with Crippen molar-refractivity contribution in [2.75, 3.05) is 33.7 Å². The second kappa shape index (κ2) is 8.42.